The maximum Gasteiger partial charge on any atom is 0.150 e. The van der Waals surface area contributed by atoms with E-state index in [0.29, 0.717) is 23.2 Å². The van der Waals surface area contributed by atoms with E-state index in [4.69, 9.17) is 0 Å². The van der Waals surface area contributed by atoms with E-state index in [1.54, 1.807) is 12.2 Å². The molecule has 0 aliphatic heterocycles. The van der Waals surface area contributed by atoms with Crippen molar-refractivity contribution in [1.82, 2.24) is 0 Å². The van der Waals surface area contributed by atoms with Gasteiger partial charge in [0, 0.05) is 16.9 Å². The van der Waals surface area contributed by atoms with Crippen LogP contribution in [0, 0.1) is 5.82 Å². The van der Waals surface area contributed by atoms with Crippen molar-refractivity contribution in [3.05, 3.63) is 41.2 Å². The summed E-state index contributed by atoms with van der Waals surface area (Å²) in [6.45, 7) is 0. The average Bonchev–Trinajstić information content (AvgIpc) is 2.17. The molecule has 0 N–H and O–H groups in total. The smallest absolute Gasteiger partial charge is 0.150 e. The lowest BCUT2D eigenvalue weighted by atomic mass is 10.1. The van der Waals surface area contributed by atoms with Crippen molar-refractivity contribution < 1.29 is 9.18 Å². The molecule has 0 unspecified atom stereocenters. The lowest BCUT2D eigenvalue weighted by molar-refractivity contribution is 0.112. The summed E-state index contributed by atoms with van der Waals surface area (Å²) in [6.07, 6.45) is 4.02. The van der Waals surface area contributed by atoms with Crippen molar-refractivity contribution in [3.8, 4) is 0 Å². The standard InChI is InChI=1S/C10H9FOS/c11-10-4-3-8(7-12)6-9(10)2-1-5-13/h1-4,6-7,13H,5H2. The fraction of sp³-hybridized carbons (Fsp3) is 0.100. The lowest BCUT2D eigenvalue weighted by Crippen LogP contribution is -1.86. The SMILES string of the molecule is O=Cc1ccc(F)c(C=CCS)c1. The van der Waals surface area contributed by atoms with Gasteiger partial charge in [-0.1, -0.05) is 12.2 Å². The van der Waals surface area contributed by atoms with Gasteiger partial charge in [-0.05, 0) is 18.2 Å². The summed E-state index contributed by atoms with van der Waals surface area (Å²) >= 11 is 3.96. The number of carbonyl (C=O) groups is 1. The highest BCUT2D eigenvalue weighted by Crippen LogP contribution is 2.11. The lowest BCUT2D eigenvalue weighted by Gasteiger charge is -1.97. The number of carbonyl (C=O) groups excluding carboxylic acids is 1. The van der Waals surface area contributed by atoms with E-state index in [1.165, 1.54) is 18.2 Å². The second-order valence-corrected chi connectivity index (χ2v) is 2.85. The van der Waals surface area contributed by atoms with Gasteiger partial charge in [0.05, 0.1) is 0 Å². The van der Waals surface area contributed by atoms with Crippen molar-refractivity contribution in [2.45, 2.75) is 0 Å². The molecule has 3 heteroatoms. The van der Waals surface area contributed by atoms with Crippen molar-refractivity contribution in [2.24, 2.45) is 0 Å². The molecule has 1 aromatic carbocycles. The maximum atomic E-state index is 13.0. The number of hydrogen-bond acceptors (Lipinski definition) is 2. The van der Waals surface area contributed by atoms with Gasteiger partial charge in [0.2, 0.25) is 0 Å². The van der Waals surface area contributed by atoms with Gasteiger partial charge in [-0.15, -0.1) is 0 Å². The third-order valence-electron chi connectivity index (χ3n) is 1.56. The zero-order valence-corrected chi connectivity index (χ0v) is 7.80. The van der Waals surface area contributed by atoms with Gasteiger partial charge in [0.15, 0.2) is 0 Å². The minimum atomic E-state index is -0.330. The van der Waals surface area contributed by atoms with Gasteiger partial charge < -0.3 is 0 Å². The highest BCUT2D eigenvalue weighted by atomic mass is 32.1. The Bertz CT molecular complexity index is 334. The highest BCUT2D eigenvalue weighted by Gasteiger charge is 1.98. The van der Waals surface area contributed by atoms with Crippen LogP contribution in [0.5, 0.6) is 0 Å². The monoisotopic (exact) mass is 196 g/mol. The third kappa shape index (κ3) is 2.70. The zero-order valence-electron chi connectivity index (χ0n) is 6.90. The second-order valence-electron chi connectivity index (χ2n) is 2.48. The molecule has 0 aliphatic carbocycles. The molecule has 1 nitrogen and oxygen atoms in total. The molecule has 68 valence electrons. The van der Waals surface area contributed by atoms with Crippen molar-refractivity contribution in [1.29, 1.82) is 0 Å². The first-order valence-electron chi connectivity index (χ1n) is 3.80. The van der Waals surface area contributed by atoms with E-state index in [0.717, 1.165) is 0 Å². The van der Waals surface area contributed by atoms with Crippen LogP contribution in [-0.2, 0) is 0 Å². The van der Waals surface area contributed by atoms with E-state index in [2.05, 4.69) is 12.6 Å². The number of aldehydes is 1. The van der Waals surface area contributed by atoms with E-state index in [-0.39, 0.29) is 5.82 Å². The van der Waals surface area contributed by atoms with Gasteiger partial charge in [-0.25, -0.2) is 4.39 Å². The average molecular weight is 196 g/mol. The molecule has 13 heavy (non-hydrogen) atoms. The van der Waals surface area contributed by atoms with Crippen LogP contribution in [0.3, 0.4) is 0 Å². The fourth-order valence-corrected chi connectivity index (χ4v) is 1.05. The summed E-state index contributed by atoms with van der Waals surface area (Å²) in [5, 5.41) is 0. The molecule has 0 heterocycles. The molecule has 0 fully saturated rings. The molecular formula is C10H9FOS. The van der Waals surface area contributed by atoms with Crippen LogP contribution < -0.4 is 0 Å². The number of rotatable bonds is 3. The summed E-state index contributed by atoms with van der Waals surface area (Å²) < 4.78 is 13.0. The Hall–Kier alpha value is -1.09. The number of thiol groups is 1. The first-order valence-corrected chi connectivity index (χ1v) is 4.43. The maximum absolute atomic E-state index is 13.0. The topological polar surface area (TPSA) is 17.1 Å². The van der Waals surface area contributed by atoms with Gasteiger partial charge in [-0.2, -0.15) is 12.6 Å². The van der Waals surface area contributed by atoms with Gasteiger partial charge in [-0.3, -0.25) is 4.79 Å². The predicted molar refractivity (Wildman–Crippen MR) is 54.7 cm³/mol. The Labute approximate surface area is 81.7 Å². The third-order valence-corrected chi connectivity index (χ3v) is 1.77. The van der Waals surface area contributed by atoms with Crippen LogP contribution in [0.15, 0.2) is 24.3 Å². The Morgan fingerprint density at radius 3 is 2.85 bits per heavy atom. The Morgan fingerprint density at radius 2 is 2.23 bits per heavy atom. The molecule has 1 aromatic rings. The van der Waals surface area contributed by atoms with Crippen LogP contribution in [0.25, 0.3) is 6.08 Å². The molecule has 0 atom stereocenters. The molecule has 0 amide bonds. The minimum Gasteiger partial charge on any atom is -0.298 e. The molecule has 0 bridgehead atoms. The number of hydrogen-bond donors (Lipinski definition) is 1. The van der Waals surface area contributed by atoms with E-state index >= 15 is 0 Å². The van der Waals surface area contributed by atoms with Crippen LogP contribution in [0.4, 0.5) is 4.39 Å². The molecule has 1 rings (SSSR count). The van der Waals surface area contributed by atoms with E-state index in [1.807, 2.05) is 0 Å². The summed E-state index contributed by atoms with van der Waals surface area (Å²) in [6, 6.07) is 4.23. The van der Waals surface area contributed by atoms with Gasteiger partial charge >= 0.3 is 0 Å². The summed E-state index contributed by atoms with van der Waals surface area (Å²) in [7, 11) is 0. The Kier molecular flexibility index (Phi) is 3.71. The largest absolute Gasteiger partial charge is 0.298 e. The van der Waals surface area contributed by atoms with Crippen LogP contribution in [0.1, 0.15) is 15.9 Å². The summed E-state index contributed by atoms with van der Waals surface area (Å²) in [4.78, 5) is 10.4. The quantitative estimate of drug-likeness (QED) is 0.581. The number of benzene rings is 1. The molecule has 0 spiro atoms. The second kappa shape index (κ2) is 4.82. The molecule has 0 saturated carbocycles. The number of halogens is 1. The molecule has 0 saturated heterocycles. The van der Waals surface area contributed by atoms with Crippen molar-refractivity contribution >= 4 is 25.0 Å². The van der Waals surface area contributed by atoms with Crippen LogP contribution >= 0.6 is 12.6 Å². The normalized spacial score (nSPS) is 10.6. The van der Waals surface area contributed by atoms with E-state index in [9.17, 15) is 9.18 Å². The van der Waals surface area contributed by atoms with Crippen LogP contribution in [-0.4, -0.2) is 12.0 Å². The predicted octanol–water partition coefficient (Wildman–Crippen LogP) is 2.58. The fourth-order valence-electron chi connectivity index (χ4n) is 0.943. The molecule has 0 aromatic heterocycles. The van der Waals surface area contributed by atoms with E-state index < -0.39 is 0 Å². The first kappa shape index (κ1) is 9.99. The van der Waals surface area contributed by atoms with Crippen molar-refractivity contribution in [2.75, 3.05) is 5.75 Å². The Morgan fingerprint density at radius 1 is 1.46 bits per heavy atom. The Balaban J connectivity index is 3.03. The minimum absolute atomic E-state index is 0.330. The molecule has 0 aliphatic rings. The molecular weight excluding hydrogens is 187 g/mol. The van der Waals surface area contributed by atoms with Crippen molar-refractivity contribution in [3.63, 3.8) is 0 Å². The van der Waals surface area contributed by atoms with Crippen LogP contribution in [0.2, 0.25) is 0 Å². The highest BCUT2D eigenvalue weighted by molar-refractivity contribution is 7.80. The molecule has 0 radical (unpaired) electrons. The van der Waals surface area contributed by atoms with Gasteiger partial charge in [0.25, 0.3) is 0 Å². The van der Waals surface area contributed by atoms with Gasteiger partial charge in [0.1, 0.15) is 12.1 Å². The zero-order chi connectivity index (χ0) is 9.68. The summed E-state index contributed by atoms with van der Waals surface area (Å²) in [5.41, 5.74) is 0.888. The first-order chi connectivity index (χ1) is 6.27. The summed E-state index contributed by atoms with van der Waals surface area (Å²) in [5.74, 6) is 0.216.